The van der Waals surface area contributed by atoms with Gasteiger partial charge in [-0.15, -0.1) is 10.2 Å². The fourth-order valence-corrected chi connectivity index (χ4v) is 4.65. The van der Waals surface area contributed by atoms with Crippen molar-refractivity contribution < 1.29 is 13.2 Å². The van der Waals surface area contributed by atoms with Gasteiger partial charge in [-0.25, -0.2) is 8.42 Å². The second kappa shape index (κ2) is 6.87. The molecule has 0 unspecified atom stereocenters. The van der Waals surface area contributed by atoms with Crippen LogP contribution in [0.5, 0.6) is 0 Å². The first kappa shape index (κ1) is 15.0. The lowest BCUT2D eigenvalue weighted by molar-refractivity contribution is 0.120. The molecule has 0 radical (unpaired) electrons. The molecule has 1 aliphatic rings. The van der Waals surface area contributed by atoms with Gasteiger partial charge < -0.3 is 10.1 Å². The van der Waals surface area contributed by atoms with Crippen LogP contribution in [0, 0.1) is 0 Å². The summed E-state index contributed by atoms with van der Waals surface area (Å²) < 4.78 is 28.3. The Morgan fingerprint density at radius 1 is 1.53 bits per heavy atom. The van der Waals surface area contributed by atoms with Gasteiger partial charge in [0.1, 0.15) is 9.84 Å². The van der Waals surface area contributed by atoms with E-state index in [2.05, 4.69) is 15.5 Å². The van der Waals surface area contributed by atoms with E-state index in [1.165, 1.54) is 29.4 Å². The molecule has 1 aromatic rings. The van der Waals surface area contributed by atoms with Gasteiger partial charge in [-0.1, -0.05) is 23.1 Å². The molecule has 1 N–H and O–H groups in total. The van der Waals surface area contributed by atoms with Crippen molar-refractivity contribution in [3.63, 3.8) is 0 Å². The molecule has 1 aliphatic heterocycles. The third kappa shape index (κ3) is 5.64. The standard InChI is InChI=1S/C10H17N3O3S3/c1-19(14,15)6-5-17-10-13-12-9(18-10)11-7-8-3-2-4-16-8/h8H,2-7H2,1H3,(H,11,12)/t8-/m0/s1. The molecule has 1 fully saturated rings. The summed E-state index contributed by atoms with van der Waals surface area (Å²) in [5.41, 5.74) is 0. The van der Waals surface area contributed by atoms with E-state index in [0.717, 1.165) is 35.5 Å². The van der Waals surface area contributed by atoms with Gasteiger partial charge in [-0.2, -0.15) is 0 Å². The number of hydrogen-bond acceptors (Lipinski definition) is 8. The molecular formula is C10H17N3O3S3. The van der Waals surface area contributed by atoms with Crippen LogP contribution < -0.4 is 5.32 Å². The van der Waals surface area contributed by atoms with Gasteiger partial charge in [0, 0.05) is 25.2 Å². The van der Waals surface area contributed by atoms with Crippen molar-refractivity contribution in [2.24, 2.45) is 0 Å². The molecule has 2 heterocycles. The van der Waals surface area contributed by atoms with Crippen LogP contribution in [-0.2, 0) is 14.6 Å². The average Bonchev–Trinajstić information content (AvgIpc) is 2.94. The van der Waals surface area contributed by atoms with Crippen LogP contribution >= 0.6 is 23.1 Å². The van der Waals surface area contributed by atoms with Crippen LogP contribution in [0.25, 0.3) is 0 Å². The van der Waals surface area contributed by atoms with Gasteiger partial charge >= 0.3 is 0 Å². The first-order valence-electron chi connectivity index (χ1n) is 6.02. The largest absolute Gasteiger partial charge is 0.376 e. The minimum absolute atomic E-state index is 0.163. The number of anilines is 1. The predicted molar refractivity (Wildman–Crippen MR) is 77.8 cm³/mol. The van der Waals surface area contributed by atoms with E-state index in [0.29, 0.717) is 5.75 Å². The van der Waals surface area contributed by atoms with Crippen LogP contribution in [0.3, 0.4) is 0 Å². The number of nitrogens with zero attached hydrogens (tertiary/aromatic N) is 2. The van der Waals surface area contributed by atoms with E-state index in [1.807, 2.05) is 0 Å². The van der Waals surface area contributed by atoms with Crippen LogP contribution in [0.1, 0.15) is 12.8 Å². The molecule has 0 aliphatic carbocycles. The minimum atomic E-state index is -2.91. The van der Waals surface area contributed by atoms with Gasteiger partial charge in [0.25, 0.3) is 0 Å². The number of nitrogens with one attached hydrogen (secondary N) is 1. The van der Waals surface area contributed by atoms with E-state index in [9.17, 15) is 8.42 Å². The Hall–Kier alpha value is -0.380. The van der Waals surface area contributed by atoms with Crippen molar-refractivity contribution in [3.8, 4) is 0 Å². The normalized spacial score (nSPS) is 19.7. The molecule has 9 heteroatoms. The molecular weight excluding hydrogens is 306 g/mol. The smallest absolute Gasteiger partial charge is 0.206 e. The molecule has 1 saturated heterocycles. The highest BCUT2D eigenvalue weighted by Gasteiger charge is 2.15. The lowest BCUT2D eigenvalue weighted by Gasteiger charge is -2.08. The molecule has 0 aromatic carbocycles. The number of hydrogen-bond donors (Lipinski definition) is 1. The maximum Gasteiger partial charge on any atom is 0.206 e. The summed E-state index contributed by atoms with van der Waals surface area (Å²) in [6, 6.07) is 0. The van der Waals surface area contributed by atoms with Crippen molar-refractivity contribution in [1.29, 1.82) is 0 Å². The molecule has 2 rings (SSSR count). The van der Waals surface area contributed by atoms with Gasteiger partial charge in [-0.3, -0.25) is 0 Å². The molecule has 0 spiro atoms. The number of ether oxygens (including phenoxy) is 1. The molecule has 19 heavy (non-hydrogen) atoms. The molecule has 1 aromatic heterocycles. The summed E-state index contributed by atoms with van der Waals surface area (Å²) in [4.78, 5) is 0. The molecule has 6 nitrogen and oxygen atoms in total. The van der Waals surface area contributed by atoms with Gasteiger partial charge in [0.2, 0.25) is 5.13 Å². The van der Waals surface area contributed by atoms with E-state index in [4.69, 9.17) is 4.74 Å². The van der Waals surface area contributed by atoms with Crippen molar-refractivity contribution in [1.82, 2.24) is 10.2 Å². The fourth-order valence-electron chi connectivity index (χ4n) is 1.63. The fraction of sp³-hybridized carbons (Fsp3) is 0.800. The summed E-state index contributed by atoms with van der Waals surface area (Å²) in [5, 5.41) is 12.0. The zero-order chi connectivity index (χ0) is 13.7. The average molecular weight is 323 g/mol. The first-order valence-corrected chi connectivity index (χ1v) is 9.89. The third-order valence-electron chi connectivity index (χ3n) is 2.59. The summed E-state index contributed by atoms with van der Waals surface area (Å²) in [6.07, 6.45) is 3.71. The van der Waals surface area contributed by atoms with Gasteiger partial charge in [-0.05, 0) is 12.8 Å². The van der Waals surface area contributed by atoms with Crippen LogP contribution in [0.2, 0.25) is 0 Å². The quantitative estimate of drug-likeness (QED) is 0.757. The number of thioether (sulfide) groups is 1. The summed E-state index contributed by atoms with van der Waals surface area (Å²) in [5.74, 6) is 0.676. The number of aromatic nitrogens is 2. The molecule has 108 valence electrons. The van der Waals surface area contributed by atoms with E-state index < -0.39 is 9.84 Å². The highest BCUT2D eigenvalue weighted by atomic mass is 32.2. The maximum atomic E-state index is 11.0. The molecule has 0 bridgehead atoms. The molecule has 0 saturated carbocycles. The van der Waals surface area contributed by atoms with Crippen molar-refractivity contribution >= 4 is 38.1 Å². The van der Waals surface area contributed by atoms with Gasteiger partial charge in [0.15, 0.2) is 4.34 Å². The number of sulfone groups is 1. The van der Waals surface area contributed by atoms with Crippen molar-refractivity contribution in [2.75, 3.05) is 36.2 Å². The summed E-state index contributed by atoms with van der Waals surface area (Å²) in [7, 11) is -2.91. The molecule has 0 amide bonds. The van der Waals surface area contributed by atoms with E-state index >= 15 is 0 Å². The monoisotopic (exact) mass is 323 g/mol. The second-order valence-electron chi connectivity index (χ2n) is 4.37. The van der Waals surface area contributed by atoms with Crippen molar-refractivity contribution in [2.45, 2.75) is 23.3 Å². The third-order valence-corrected chi connectivity index (χ3v) is 5.81. The Morgan fingerprint density at radius 2 is 2.37 bits per heavy atom. The Balaban J connectivity index is 1.72. The maximum absolute atomic E-state index is 11.0. The van der Waals surface area contributed by atoms with Gasteiger partial charge in [0.05, 0.1) is 11.9 Å². The van der Waals surface area contributed by atoms with E-state index in [1.54, 1.807) is 0 Å². The zero-order valence-corrected chi connectivity index (χ0v) is 13.1. The Labute approximate surface area is 121 Å². The van der Waals surface area contributed by atoms with Crippen LogP contribution in [-0.4, -0.2) is 55.6 Å². The van der Waals surface area contributed by atoms with E-state index in [-0.39, 0.29) is 11.9 Å². The topological polar surface area (TPSA) is 81.2 Å². The number of rotatable bonds is 7. The highest BCUT2D eigenvalue weighted by Crippen LogP contribution is 2.25. The Bertz CT molecular complexity index is 497. The highest BCUT2D eigenvalue weighted by molar-refractivity contribution is 8.02. The lowest BCUT2D eigenvalue weighted by atomic mass is 10.2. The predicted octanol–water partition coefficient (Wildman–Crippen LogP) is 1.27. The lowest BCUT2D eigenvalue weighted by Crippen LogP contribution is -2.18. The first-order chi connectivity index (χ1) is 9.03. The SMILES string of the molecule is CS(=O)(=O)CCSc1nnc(NC[C@@H]2CCCO2)s1. The zero-order valence-electron chi connectivity index (χ0n) is 10.7. The second-order valence-corrected chi connectivity index (χ2v) is 8.95. The Morgan fingerprint density at radius 3 is 3.05 bits per heavy atom. The summed E-state index contributed by atoms with van der Waals surface area (Å²) in [6.45, 7) is 1.59. The van der Waals surface area contributed by atoms with Crippen molar-refractivity contribution in [3.05, 3.63) is 0 Å². The Kier molecular flexibility index (Phi) is 5.43. The molecule has 1 atom stereocenters. The minimum Gasteiger partial charge on any atom is -0.376 e. The van der Waals surface area contributed by atoms with Crippen LogP contribution in [0.15, 0.2) is 4.34 Å². The van der Waals surface area contributed by atoms with Crippen LogP contribution in [0.4, 0.5) is 5.13 Å². The summed E-state index contributed by atoms with van der Waals surface area (Å²) >= 11 is 2.87.